The lowest BCUT2D eigenvalue weighted by atomic mass is 10.2. The first-order valence-electron chi connectivity index (χ1n) is 5.27. The highest BCUT2D eigenvalue weighted by atomic mass is 35.5. The van der Waals surface area contributed by atoms with E-state index in [-0.39, 0.29) is 41.2 Å². The molecule has 21 heavy (non-hydrogen) atoms. The summed E-state index contributed by atoms with van der Waals surface area (Å²) in [7, 11) is 0.0315. The third-order valence-electron chi connectivity index (χ3n) is 2.31. The Balaban J connectivity index is 0. The maximum absolute atomic E-state index is 11.7. The van der Waals surface area contributed by atoms with Crippen LogP contribution in [0.2, 0.25) is 0 Å². The molecule has 0 unspecified atom stereocenters. The molecule has 0 heterocycles. The van der Waals surface area contributed by atoms with E-state index in [2.05, 4.69) is 4.99 Å². The van der Waals surface area contributed by atoms with Crippen LogP contribution in [0, 0.1) is 0 Å². The Morgan fingerprint density at radius 3 is 2.05 bits per heavy atom. The second-order valence-electron chi connectivity index (χ2n) is 4.22. The molecule has 120 valence electrons. The van der Waals surface area contributed by atoms with E-state index < -0.39 is 15.7 Å². The first-order chi connectivity index (χ1) is 8.61. The molecule has 0 bridgehead atoms. The maximum Gasteiger partial charge on any atom is 0.280 e. The fourth-order valence-corrected chi connectivity index (χ4v) is 2.04. The lowest BCUT2D eigenvalue weighted by Gasteiger charge is -2.14. The zero-order chi connectivity index (χ0) is 14.8. The van der Waals surface area contributed by atoms with Gasteiger partial charge < -0.3 is 16.4 Å². The molecule has 0 atom stereocenters. The Hall–Kier alpha value is -1.51. The van der Waals surface area contributed by atoms with E-state index in [4.69, 9.17) is 11.5 Å². The molecule has 0 saturated heterocycles. The topological polar surface area (TPSA) is 119 Å². The SMILES string of the molecule is CN(C)c1cc(C(=O)N=C(N)N)cc(S(C)(=O)=O)c1.Cl.Cl. The van der Waals surface area contributed by atoms with Gasteiger partial charge in [0.25, 0.3) is 5.91 Å². The molecule has 1 rings (SSSR count). The number of carbonyl (C=O) groups is 1. The van der Waals surface area contributed by atoms with Crippen LogP contribution in [0.5, 0.6) is 0 Å². The molecule has 1 aromatic carbocycles. The average molecular weight is 357 g/mol. The fourth-order valence-electron chi connectivity index (χ4n) is 1.36. The van der Waals surface area contributed by atoms with Crippen molar-refractivity contribution in [2.24, 2.45) is 16.5 Å². The first-order valence-corrected chi connectivity index (χ1v) is 7.17. The largest absolute Gasteiger partial charge is 0.378 e. The third kappa shape index (κ3) is 6.19. The van der Waals surface area contributed by atoms with Crippen molar-refractivity contribution in [2.75, 3.05) is 25.3 Å². The first kappa shape index (κ1) is 21.8. The highest BCUT2D eigenvalue weighted by Crippen LogP contribution is 2.21. The average Bonchev–Trinajstić information content (AvgIpc) is 2.26. The van der Waals surface area contributed by atoms with E-state index in [9.17, 15) is 13.2 Å². The summed E-state index contributed by atoms with van der Waals surface area (Å²) in [4.78, 5) is 16.9. The second-order valence-corrected chi connectivity index (χ2v) is 6.24. The van der Waals surface area contributed by atoms with E-state index in [1.54, 1.807) is 19.0 Å². The van der Waals surface area contributed by atoms with Crippen LogP contribution in [0.25, 0.3) is 0 Å². The number of nitrogens with two attached hydrogens (primary N) is 2. The van der Waals surface area contributed by atoms with Gasteiger partial charge in [-0.05, 0) is 18.2 Å². The molecule has 1 amide bonds. The number of amides is 1. The summed E-state index contributed by atoms with van der Waals surface area (Å²) in [6.45, 7) is 0. The van der Waals surface area contributed by atoms with Crippen LogP contribution >= 0.6 is 24.8 Å². The number of rotatable bonds is 3. The molecule has 7 nitrogen and oxygen atoms in total. The van der Waals surface area contributed by atoms with Crippen molar-refractivity contribution < 1.29 is 13.2 Å². The predicted octanol–water partition coefficient (Wildman–Crippen LogP) is 0.413. The van der Waals surface area contributed by atoms with Gasteiger partial charge in [-0.1, -0.05) is 0 Å². The lowest BCUT2D eigenvalue weighted by molar-refractivity contribution is 0.100. The van der Waals surface area contributed by atoms with Gasteiger partial charge in [-0.3, -0.25) is 4.79 Å². The lowest BCUT2D eigenvalue weighted by Crippen LogP contribution is -2.24. The van der Waals surface area contributed by atoms with Gasteiger partial charge in [0.05, 0.1) is 4.90 Å². The van der Waals surface area contributed by atoms with Crippen LogP contribution in [0.3, 0.4) is 0 Å². The van der Waals surface area contributed by atoms with Crippen LogP contribution in [-0.2, 0) is 9.84 Å². The van der Waals surface area contributed by atoms with Crippen molar-refractivity contribution in [1.29, 1.82) is 0 Å². The minimum absolute atomic E-state index is 0. The number of guanidine groups is 1. The van der Waals surface area contributed by atoms with Gasteiger partial charge >= 0.3 is 0 Å². The quantitative estimate of drug-likeness (QED) is 0.598. The van der Waals surface area contributed by atoms with Crippen molar-refractivity contribution in [2.45, 2.75) is 4.90 Å². The molecular weight excluding hydrogens is 339 g/mol. The van der Waals surface area contributed by atoms with Crippen molar-refractivity contribution >= 4 is 52.2 Å². The van der Waals surface area contributed by atoms with Crippen molar-refractivity contribution in [3.63, 3.8) is 0 Å². The Morgan fingerprint density at radius 2 is 1.67 bits per heavy atom. The fraction of sp³-hybridized carbons (Fsp3) is 0.273. The standard InChI is InChI=1S/C11H16N4O3S.2ClH/c1-15(2)8-4-7(10(16)14-11(12)13)5-9(6-8)19(3,17)18;;/h4-6H,1-3H3,(H4,12,13,14,16);2*1H. The Labute approximate surface area is 136 Å². The van der Waals surface area contributed by atoms with Crippen LogP contribution in [0.15, 0.2) is 28.1 Å². The number of halogens is 2. The summed E-state index contributed by atoms with van der Waals surface area (Å²) < 4.78 is 23.2. The molecule has 0 saturated carbocycles. The Bertz CT molecular complexity index is 641. The molecular formula is C11H18Cl2N4O3S. The van der Waals surface area contributed by atoms with Gasteiger partial charge in [0, 0.05) is 31.6 Å². The highest BCUT2D eigenvalue weighted by molar-refractivity contribution is 7.90. The molecule has 4 N–H and O–H groups in total. The summed E-state index contributed by atoms with van der Waals surface area (Å²) in [6.07, 6.45) is 1.07. The van der Waals surface area contributed by atoms with Crippen molar-refractivity contribution in [1.82, 2.24) is 0 Å². The smallest absolute Gasteiger partial charge is 0.280 e. The number of benzene rings is 1. The molecule has 0 radical (unpaired) electrons. The predicted molar refractivity (Wildman–Crippen MR) is 88.5 cm³/mol. The van der Waals surface area contributed by atoms with E-state index >= 15 is 0 Å². The number of hydrogen-bond donors (Lipinski definition) is 2. The van der Waals surface area contributed by atoms with Gasteiger partial charge in [-0.15, -0.1) is 24.8 Å². The summed E-state index contributed by atoms with van der Waals surface area (Å²) in [5, 5.41) is 0. The normalized spacial score (nSPS) is 9.86. The zero-order valence-corrected chi connectivity index (χ0v) is 14.2. The number of anilines is 1. The number of sulfone groups is 1. The summed E-state index contributed by atoms with van der Waals surface area (Å²) >= 11 is 0. The van der Waals surface area contributed by atoms with Gasteiger partial charge in [0.1, 0.15) is 0 Å². The number of hydrogen-bond acceptors (Lipinski definition) is 4. The summed E-state index contributed by atoms with van der Waals surface area (Å²) in [5.74, 6) is -1.06. The summed E-state index contributed by atoms with van der Waals surface area (Å²) in [6, 6.07) is 4.24. The van der Waals surface area contributed by atoms with Crippen molar-refractivity contribution in [3.8, 4) is 0 Å². The van der Waals surface area contributed by atoms with Gasteiger partial charge in [-0.25, -0.2) is 8.42 Å². The van der Waals surface area contributed by atoms with Gasteiger partial charge in [0.2, 0.25) is 0 Å². The van der Waals surface area contributed by atoms with Crippen LogP contribution in [0.4, 0.5) is 5.69 Å². The molecule has 0 aromatic heterocycles. The molecule has 0 aliphatic heterocycles. The minimum Gasteiger partial charge on any atom is -0.378 e. The van der Waals surface area contributed by atoms with Crippen LogP contribution in [-0.4, -0.2) is 40.6 Å². The maximum atomic E-state index is 11.7. The number of aliphatic imine (C=N–C) groups is 1. The second kappa shape index (κ2) is 8.06. The number of nitrogens with zero attached hydrogens (tertiary/aromatic N) is 2. The van der Waals surface area contributed by atoms with E-state index in [1.165, 1.54) is 18.2 Å². The monoisotopic (exact) mass is 356 g/mol. The van der Waals surface area contributed by atoms with Gasteiger partial charge in [0.15, 0.2) is 15.8 Å². The molecule has 0 aliphatic rings. The molecule has 10 heteroatoms. The zero-order valence-electron chi connectivity index (χ0n) is 11.7. The molecule has 1 aromatic rings. The van der Waals surface area contributed by atoms with Crippen molar-refractivity contribution in [3.05, 3.63) is 23.8 Å². The van der Waals surface area contributed by atoms with Crippen LogP contribution in [0.1, 0.15) is 10.4 Å². The number of carbonyl (C=O) groups excluding carboxylic acids is 1. The molecule has 0 fully saturated rings. The Kier molecular flexibility index (Phi) is 8.36. The summed E-state index contributed by atoms with van der Waals surface area (Å²) in [5.41, 5.74) is 10.9. The Morgan fingerprint density at radius 1 is 1.14 bits per heavy atom. The minimum atomic E-state index is -3.43. The highest BCUT2D eigenvalue weighted by Gasteiger charge is 2.15. The third-order valence-corrected chi connectivity index (χ3v) is 3.41. The van der Waals surface area contributed by atoms with Crippen LogP contribution < -0.4 is 16.4 Å². The van der Waals surface area contributed by atoms with E-state index in [0.29, 0.717) is 5.69 Å². The molecule has 0 aliphatic carbocycles. The van der Waals surface area contributed by atoms with E-state index in [1.807, 2.05) is 0 Å². The van der Waals surface area contributed by atoms with Gasteiger partial charge in [-0.2, -0.15) is 4.99 Å². The van der Waals surface area contributed by atoms with E-state index in [0.717, 1.165) is 6.26 Å². The molecule has 0 spiro atoms.